The second-order valence-corrected chi connectivity index (χ2v) is 5.24. The van der Waals surface area contributed by atoms with Crippen molar-refractivity contribution in [3.63, 3.8) is 0 Å². The standard InChI is InChI=1S/C16H19N3O2/c20-13-6-5-12(15(21)10-13)11-18-14-4-3-7-17-16(14)19-8-1-2-9-19/h3-7,10,18,20-21H,1-2,8-9,11H2. The van der Waals surface area contributed by atoms with Crippen LogP contribution in [0.1, 0.15) is 18.4 Å². The number of phenols is 2. The molecule has 1 fully saturated rings. The first-order valence-electron chi connectivity index (χ1n) is 7.19. The number of aromatic hydroxyl groups is 2. The summed E-state index contributed by atoms with van der Waals surface area (Å²) in [5, 5.41) is 22.5. The number of phenolic OH excluding ortho intramolecular Hbond substituents is 2. The molecule has 1 aliphatic heterocycles. The van der Waals surface area contributed by atoms with Gasteiger partial charge in [0.1, 0.15) is 11.5 Å². The summed E-state index contributed by atoms with van der Waals surface area (Å²) in [6.07, 6.45) is 4.21. The minimum atomic E-state index is 0.0652. The number of nitrogens with zero attached hydrogens (tertiary/aromatic N) is 2. The van der Waals surface area contributed by atoms with Crippen LogP contribution in [-0.2, 0) is 6.54 Å². The van der Waals surface area contributed by atoms with Crippen molar-refractivity contribution in [2.75, 3.05) is 23.3 Å². The first kappa shape index (κ1) is 13.5. The Kier molecular flexibility index (Phi) is 3.81. The monoisotopic (exact) mass is 285 g/mol. The lowest BCUT2D eigenvalue weighted by atomic mass is 10.2. The van der Waals surface area contributed by atoms with Crippen LogP contribution in [-0.4, -0.2) is 28.3 Å². The molecule has 0 aliphatic carbocycles. The van der Waals surface area contributed by atoms with E-state index in [0.29, 0.717) is 6.54 Å². The van der Waals surface area contributed by atoms with Crippen LogP contribution in [0.25, 0.3) is 0 Å². The van der Waals surface area contributed by atoms with Crippen LogP contribution < -0.4 is 10.2 Å². The number of hydrogen-bond acceptors (Lipinski definition) is 5. The molecular weight excluding hydrogens is 266 g/mol. The lowest BCUT2D eigenvalue weighted by Gasteiger charge is -2.20. The SMILES string of the molecule is Oc1ccc(CNc2cccnc2N2CCCC2)c(O)c1. The third kappa shape index (κ3) is 3.02. The number of aromatic nitrogens is 1. The largest absolute Gasteiger partial charge is 0.508 e. The van der Waals surface area contributed by atoms with Gasteiger partial charge in [-0.3, -0.25) is 0 Å². The topological polar surface area (TPSA) is 68.6 Å². The van der Waals surface area contributed by atoms with E-state index >= 15 is 0 Å². The normalized spacial score (nSPS) is 14.4. The Balaban J connectivity index is 1.75. The molecule has 21 heavy (non-hydrogen) atoms. The van der Waals surface area contributed by atoms with Gasteiger partial charge in [-0.15, -0.1) is 0 Å². The zero-order valence-electron chi connectivity index (χ0n) is 11.8. The number of pyridine rings is 1. The first-order valence-corrected chi connectivity index (χ1v) is 7.19. The molecule has 3 rings (SSSR count). The second kappa shape index (κ2) is 5.91. The zero-order chi connectivity index (χ0) is 14.7. The molecule has 1 saturated heterocycles. The van der Waals surface area contributed by atoms with E-state index in [1.165, 1.54) is 18.9 Å². The van der Waals surface area contributed by atoms with Gasteiger partial charge in [-0.1, -0.05) is 0 Å². The quantitative estimate of drug-likeness (QED) is 0.806. The van der Waals surface area contributed by atoms with Gasteiger partial charge in [0.05, 0.1) is 5.69 Å². The molecule has 1 aromatic carbocycles. The van der Waals surface area contributed by atoms with Crippen molar-refractivity contribution in [1.82, 2.24) is 4.98 Å². The van der Waals surface area contributed by atoms with E-state index in [9.17, 15) is 10.2 Å². The summed E-state index contributed by atoms with van der Waals surface area (Å²) in [7, 11) is 0. The lowest BCUT2D eigenvalue weighted by molar-refractivity contribution is 0.446. The van der Waals surface area contributed by atoms with Crippen LogP contribution in [0.5, 0.6) is 11.5 Å². The number of hydrogen-bond donors (Lipinski definition) is 3. The van der Waals surface area contributed by atoms with Gasteiger partial charge in [-0.05, 0) is 37.1 Å². The van der Waals surface area contributed by atoms with Crippen molar-refractivity contribution in [3.05, 3.63) is 42.1 Å². The highest BCUT2D eigenvalue weighted by Crippen LogP contribution is 2.28. The Morgan fingerprint density at radius 1 is 1.14 bits per heavy atom. The Hall–Kier alpha value is -2.43. The maximum atomic E-state index is 9.82. The van der Waals surface area contributed by atoms with E-state index in [1.54, 1.807) is 18.3 Å². The van der Waals surface area contributed by atoms with E-state index < -0.39 is 0 Å². The van der Waals surface area contributed by atoms with Gasteiger partial charge in [-0.2, -0.15) is 0 Å². The van der Waals surface area contributed by atoms with Crippen molar-refractivity contribution in [2.45, 2.75) is 19.4 Å². The molecule has 0 unspecified atom stereocenters. The molecule has 1 aromatic heterocycles. The number of benzene rings is 1. The smallest absolute Gasteiger partial charge is 0.151 e. The molecule has 5 nitrogen and oxygen atoms in total. The molecule has 3 N–H and O–H groups in total. The molecule has 0 amide bonds. The average molecular weight is 285 g/mol. The minimum Gasteiger partial charge on any atom is -0.508 e. The van der Waals surface area contributed by atoms with Crippen LogP contribution in [0.2, 0.25) is 0 Å². The van der Waals surface area contributed by atoms with E-state index in [-0.39, 0.29) is 11.5 Å². The summed E-state index contributed by atoms with van der Waals surface area (Å²) >= 11 is 0. The van der Waals surface area contributed by atoms with Crippen molar-refractivity contribution < 1.29 is 10.2 Å². The predicted octanol–water partition coefficient (Wildman–Crippen LogP) is 2.71. The minimum absolute atomic E-state index is 0.0652. The highest BCUT2D eigenvalue weighted by atomic mass is 16.3. The predicted molar refractivity (Wildman–Crippen MR) is 82.8 cm³/mol. The number of rotatable bonds is 4. The summed E-state index contributed by atoms with van der Waals surface area (Å²) in [5.41, 5.74) is 1.70. The van der Waals surface area contributed by atoms with Gasteiger partial charge < -0.3 is 20.4 Å². The molecule has 2 aromatic rings. The zero-order valence-corrected chi connectivity index (χ0v) is 11.8. The fourth-order valence-corrected chi connectivity index (χ4v) is 2.61. The third-order valence-electron chi connectivity index (χ3n) is 3.73. The average Bonchev–Trinajstić information content (AvgIpc) is 3.01. The summed E-state index contributed by atoms with van der Waals surface area (Å²) < 4.78 is 0. The molecular formula is C16H19N3O2. The summed E-state index contributed by atoms with van der Waals surface area (Å²) in [6.45, 7) is 2.56. The van der Waals surface area contributed by atoms with Gasteiger partial charge in [0.25, 0.3) is 0 Å². The van der Waals surface area contributed by atoms with Crippen LogP contribution in [0, 0.1) is 0 Å². The maximum absolute atomic E-state index is 9.82. The van der Waals surface area contributed by atoms with Gasteiger partial charge >= 0.3 is 0 Å². The van der Waals surface area contributed by atoms with Gasteiger partial charge in [0, 0.05) is 37.5 Å². The molecule has 0 radical (unpaired) electrons. The Morgan fingerprint density at radius 3 is 2.71 bits per heavy atom. The van der Waals surface area contributed by atoms with Gasteiger partial charge in [0.2, 0.25) is 0 Å². The molecule has 2 heterocycles. The van der Waals surface area contributed by atoms with Gasteiger partial charge in [-0.25, -0.2) is 4.98 Å². The number of nitrogens with one attached hydrogen (secondary N) is 1. The molecule has 0 spiro atoms. The summed E-state index contributed by atoms with van der Waals surface area (Å²) in [6, 6.07) is 8.53. The molecule has 0 saturated carbocycles. The first-order chi connectivity index (χ1) is 10.2. The van der Waals surface area contributed by atoms with Crippen molar-refractivity contribution in [2.24, 2.45) is 0 Å². The van der Waals surface area contributed by atoms with Crippen LogP contribution in [0.4, 0.5) is 11.5 Å². The Morgan fingerprint density at radius 2 is 1.95 bits per heavy atom. The molecule has 0 bridgehead atoms. The van der Waals surface area contributed by atoms with E-state index in [2.05, 4.69) is 15.2 Å². The molecule has 1 aliphatic rings. The molecule has 0 atom stereocenters. The molecule has 110 valence electrons. The van der Waals surface area contributed by atoms with Gasteiger partial charge in [0.15, 0.2) is 5.82 Å². The molecule has 5 heteroatoms. The third-order valence-corrected chi connectivity index (χ3v) is 3.73. The van der Waals surface area contributed by atoms with Crippen molar-refractivity contribution in [3.8, 4) is 11.5 Å². The maximum Gasteiger partial charge on any atom is 0.151 e. The second-order valence-electron chi connectivity index (χ2n) is 5.24. The number of anilines is 2. The fraction of sp³-hybridized carbons (Fsp3) is 0.312. The Bertz CT molecular complexity index is 625. The Labute approximate surface area is 123 Å². The van der Waals surface area contributed by atoms with Crippen LogP contribution >= 0.6 is 0 Å². The summed E-state index contributed by atoms with van der Waals surface area (Å²) in [5.74, 6) is 1.12. The summed E-state index contributed by atoms with van der Waals surface area (Å²) in [4.78, 5) is 6.75. The highest BCUT2D eigenvalue weighted by Gasteiger charge is 2.16. The van der Waals surface area contributed by atoms with Crippen molar-refractivity contribution in [1.29, 1.82) is 0 Å². The lowest BCUT2D eigenvalue weighted by Crippen LogP contribution is -2.20. The van der Waals surface area contributed by atoms with Crippen LogP contribution in [0.3, 0.4) is 0 Å². The fourth-order valence-electron chi connectivity index (χ4n) is 2.61. The van der Waals surface area contributed by atoms with Crippen molar-refractivity contribution >= 4 is 11.5 Å². The van der Waals surface area contributed by atoms with E-state index in [1.807, 2.05) is 12.1 Å². The van der Waals surface area contributed by atoms with Crippen LogP contribution in [0.15, 0.2) is 36.5 Å². The van der Waals surface area contributed by atoms with E-state index in [4.69, 9.17) is 0 Å². The highest BCUT2D eigenvalue weighted by molar-refractivity contribution is 5.66. The van der Waals surface area contributed by atoms with E-state index in [0.717, 1.165) is 30.2 Å².